The zero-order valence-corrected chi connectivity index (χ0v) is 16.3. The molecule has 28 heavy (non-hydrogen) atoms. The highest BCUT2D eigenvalue weighted by Gasteiger charge is 2.29. The Morgan fingerprint density at radius 1 is 1.00 bits per heavy atom. The van der Waals surface area contributed by atoms with Crippen LogP contribution < -0.4 is 15.4 Å². The molecule has 7 nitrogen and oxygen atoms in total. The third-order valence-electron chi connectivity index (χ3n) is 4.58. The van der Waals surface area contributed by atoms with Crippen LogP contribution in [-0.4, -0.2) is 38.8 Å². The van der Waals surface area contributed by atoms with Gasteiger partial charge < -0.3 is 15.4 Å². The van der Waals surface area contributed by atoms with Crippen LogP contribution in [0.1, 0.15) is 23.2 Å². The third kappa shape index (κ3) is 5.32. The molecule has 0 unspecified atom stereocenters. The SMILES string of the molecule is COc1ccc(NC(=O)c2ccc(NC(=O)C[C@H]3CCS(=O)(=O)C3)cc2)cc1. The van der Waals surface area contributed by atoms with E-state index in [-0.39, 0.29) is 35.7 Å². The maximum absolute atomic E-state index is 12.3. The molecule has 0 bridgehead atoms. The first kappa shape index (κ1) is 19.9. The molecule has 8 heteroatoms. The number of benzene rings is 2. The van der Waals surface area contributed by atoms with Gasteiger partial charge in [0.15, 0.2) is 9.84 Å². The predicted molar refractivity (Wildman–Crippen MR) is 107 cm³/mol. The molecule has 1 saturated heterocycles. The molecule has 0 spiro atoms. The van der Waals surface area contributed by atoms with E-state index in [4.69, 9.17) is 4.74 Å². The van der Waals surface area contributed by atoms with Crippen LogP contribution in [0.4, 0.5) is 11.4 Å². The van der Waals surface area contributed by atoms with Crippen LogP contribution in [0.15, 0.2) is 48.5 Å². The summed E-state index contributed by atoms with van der Waals surface area (Å²) in [5, 5.41) is 5.53. The lowest BCUT2D eigenvalue weighted by atomic mass is 10.0. The van der Waals surface area contributed by atoms with Crippen LogP contribution >= 0.6 is 0 Å². The maximum atomic E-state index is 12.3. The van der Waals surface area contributed by atoms with Crippen LogP contribution in [0.25, 0.3) is 0 Å². The highest BCUT2D eigenvalue weighted by Crippen LogP contribution is 2.22. The van der Waals surface area contributed by atoms with Crippen molar-refractivity contribution in [3.63, 3.8) is 0 Å². The van der Waals surface area contributed by atoms with E-state index in [1.54, 1.807) is 55.6 Å². The number of anilines is 2. The number of amides is 2. The second kappa shape index (κ2) is 8.43. The van der Waals surface area contributed by atoms with Crippen molar-refractivity contribution >= 4 is 33.0 Å². The van der Waals surface area contributed by atoms with Crippen LogP contribution in [-0.2, 0) is 14.6 Å². The monoisotopic (exact) mass is 402 g/mol. The standard InChI is InChI=1S/C20H22N2O5S/c1-27-18-8-6-17(7-9-18)22-20(24)15-2-4-16(5-3-15)21-19(23)12-14-10-11-28(25,26)13-14/h2-9,14H,10-13H2,1H3,(H,21,23)(H,22,24)/t14-/m1/s1. The van der Waals surface area contributed by atoms with E-state index >= 15 is 0 Å². The first-order valence-corrected chi connectivity index (χ1v) is 10.7. The fourth-order valence-corrected chi connectivity index (χ4v) is 4.95. The number of hydrogen-bond acceptors (Lipinski definition) is 5. The van der Waals surface area contributed by atoms with Crippen molar-refractivity contribution in [3.8, 4) is 5.75 Å². The van der Waals surface area contributed by atoms with Gasteiger partial charge in [-0.1, -0.05) is 0 Å². The molecule has 1 aliphatic rings. The molecular weight excluding hydrogens is 380 g/mol. The van der Waals surface area contributed by atoms with Gasteiger partial charge in [-0.15, -0.1) is 0 Å². The summed E-state index contributed by atoms with van der Waals surface area (Å²) in [6.07, 6.45) is 0.707. The number of carbonyl (C=O) groups excluding carboxylic acids is 2. The number of carbonyl (C=O) groups is 2. The Hall–Kier alpha value is -2.87. The summed E-state index contributed by atoms with van der Waals surface area (Å²) in [6.45, 7) is 0. The lowest BCUT2D eigenvalue weighted by Crippen LogP contribution is -2.17. The quantitative estimate of drug-likeness (QED) is 0.774. The summed E-state index contributed by atoms with van der Waals surface area (Å²) in [4.78, 5) is 24.4. The highest BCUT2D eigenvalue weighted by atomic mass is 32.2. The van der Waals surface area contributed by atoms with E-state index in [1.807, 2.05) is 0 Å². The molecule has 3 rings (SSSR count). The second-order valence-electron chi connectivity index (χ2n) is 6.78. The molecule has 0 radical (unpaired) electrons. The Bertz CT molecular complexity index is 953. The molecule has 1 heterocycles. The molecule has 2 aromatic carbocycles. The van der Waals surface area contributed by atoms with Crippen molar-refractivity contribution in [3.05, 3.63) is 54.1 Å². The Balaban J connectivity index is 1.53. The minimum absolute atomic E-state index is 0.0743. The zero-order chi connectivity index (χ0) is 20.1. The van der Waals surface area contributed by atoms with Gasteiger partial charge in [0.1, 0.15) is 5.75 Å². The van der Waals surface area contributed by atoms with Gasteiger partial charge in [-0.05, 0) is 60.9 Å². The normalized spacial score (nSPS) is 17.7. The second-order valence-corrected chi connectivity index (χ2v) is 9.01. The smallest absolute Gasteiger partial charge is 0.255 e. The van der Waals surface area contributed by atoms with Crippen molar-refractivity contribution in [1.82, 2.24) is 0 Å². The lowest BCUT2D eigenvalue weighted by molar-refractivity contribution is -0.116. The van der Waals surface area contributed by atoms with Crippen LogP contribution in [0, 0.1) is 5.92 Å². The minimum atomic E-state index is -2.99. The van der Waals surface area contributed by atoms with E-state index in [2.05, 4.69) is 10.6 Å². The van der Waals surface area contributed by atoms with Crippen molar-refractivity contribution in [2.45, 2.75) is 12.8 Å². The van der Waals surface area contributed by atoms with Gasteiger partial charge in [-0.25, -0.2) is 8.42 Å². The van der Waals surface area contributed by atoms with Gasteiger partial charge >= 0.3 is 0 Å². The van der Waals surface area contributed by atoms with Crippen molar-refractivity contribution < 1.29 is 22.7 Å². The van der Waals surface area contributed by atoms with Crippen molar-refractivity contribution in [2.75, 3.05) is 29.2 Å². The fraction of sp³-hybridized carbons (Fsp3) is 0.300. The van der Waals surface area contributed by atoms with E-state index in [0.29, 0.717) is 29.1 Å². The molecule has 0 saturated carbocycles. The van der Waals surface area contributed by atoms with Crippen LogP contribution in [0.3, 0.4) is 0 Å². The van der Waals surface area contributed by atoms with Crippen molar-refractivity contribution in [2.24, 2.45) is 5.92 Å². The van der Waals surface area contributed by atoms with Gasteiger partial charge in [0, 0.05) is 23.4 Å². The van der Waals surface area contributed by atoms with E-state index in [0.717, 1.165) is 0 Å². The van der Waals surface area contributed by atoms with E-state index in [9.17, 15) is 18.0 Å². The number of hydrogen-bond donors (Lipinski definition) is 2. The Labute approximate surface area is 164 Å². The van der Waals surface area contributed by atoms with Crippen LogP contribution in [0.2, 0.25) is 0 Å². The van der Waals surface area contributed by atoms with Gasteiger partial charge in [-0.3, -0.25) is 9.59 Å². The average molecular weight is 402 g/mol. The van der Waals surface area contributed by atoms with E-state index in [1.165, 1.54) is 0 Å². The molecule has 0 aromatic heterocycles. The van der Waals surface area contributed by atoms with Gasteiger partial charge in [-0.2, -0.15) is 0 Å². The largest absolute Gasteiger partial charge is 0.497 e. The third-order valence-corrected chi connectivity index (χ3v) is 6.42. The van der Waals surface area contributed by atoms with Gasteiger partial charge in [0.25, 0.3) is 5.91 Å². The summed E-state index contributed by atoms with van der Waals surface area (Å²) in [7, 11) is -1.42. The first-order valence-electron chi connectivity index (χ1n) is 8.90. The zero-order valence-electron chi connectivity index (χ0n) is 15.5. The molecule has 1 aliphatic heterocycles. The molecule has 1 atom stereocenters. The number of nitrogens with one attached hydrogen (secondary N) is 2. The lowest BCUT2D eigenvalue weighted by Gasteiger charge is -2.10. The fourth-order valence-electron chi connectivity index (χ4n) is 3.09. The number of ether oxygens (including phenoxy) is 1. The summed E-state index contributed by atoms with van der Waals surface area (Å²) in [6, 6.07) is 13.5. The number of methoxy groups -OCH3 is 1. The molecular formula is C20H22N2O5S. The van der Waals surface area contributed by atoms with Crippen molar-refractivity contribution in [1.29, 1.82) is 0 Å². The minimum Gasteiger partial charge on any atom is -0.497 e. The Kier molecular flexibility index (Phi) is 5.99. The predicted octanol–water partition coefficient (Wildman–Crippen LogP) is 2.71. The topological polar surface area (TPSA) is 102 Å². The molecule has 2 N–H and O–H groups in total. The summed E-state index contributed by atoms with van der Waals surface area (Å²) < 4.78 is 28.0. The van der Waals surface area contributed by atoms with Gasteiger partial charge in [0.2, 0.25) is 5.91 Å². The Morgan fingerprint density at radius 2 is 1.61 bits per heavy atom. The highest BCUT2D eigenvalue weighted by molar-refractivity contribution is 7.91. The Morgan fingerprint density at radius 3 is 2.18 bits per heavy atom. The van der Waals surface area contributed by atoms with E-state index < -0.39 is 9.84 Å². The summed E-state index contributed by atoms with van der Waals surface area (Å²) in [5.74, 6) is 0.318. The summed E-state index contributed by atoms with van der Waals surface area (Å²) >= 11 is 0. The summed E-state index contributed by atoms with van der Waals surface area (Å²) in [5.41, 5.74) is 1.66. The first-order chi connectivity index (χ1) is 13.3. The number of rotatable bonds is 6. The molecule has 148 valence electrons. The average Bonchev–Trinajstić information content (AvgIpc) is 3.01. The maximum Gasteiger partial charge on any atom is 0.255 e. The van der Waals surface area contributed by atoms with Crippen LogP contribution in [0.5, 0.6) is 5.75 Å². The molecule has 1 fully saturated rings. The molecule has 2 amide bonds. The molecule has 0 aliphatic carbocycles. The molecule has 2 aromatic rings. The number of sulfone groups is 1. The van der Waals surface area contributed by atoms with Gasteiger partial charge in [0.05, 0.1) is 18.6 Å².